The standard InChI is InChI=1S/C14H16IN3S/c1-3-16-13-10(15)11(9-4-5-9)17-14(18-13)12-8(2)6-7-19-12/h6-7,9H,3-5H2,1-2H3,(H,16,17,18). The molecule has 2 aromatic heterocycles. The molecule has 1 saturated carbocycles. The zero-order chi connectivity index (χ0) is 13.4. The predicted molar refractivity (Wildman–Crippen MR) is 88.9 cm³/mol. The lowest BCUT2D eigenvalue weighted by atomic mass is 10.2. The van der Waals surface area contributed by atoms with Crippen LogP contribution in [0.1, 0.15) is 36.9 Å². The quantitative estimate of drug-likeness (QED) is 0.792. The van der Waals surface area contributed by atoms with Gasteiger partial charge in [0.1, 0.15) is 5.82 Å². The fourth-order valence-corrected chi connectivity index (χ4v) is 3.81. The lowest BCUT2D eigenvalue weighted by Gasteiger charge is -2.11. The molecule has 5 heteroatoms. The molecule has 19 heavy (non-hydrogen) atoms. The van der Waals surface area contributed by atoms with Crippen LogP contribution >= 0.6 is 33.9 Å². The molecule has 0 spiro atoms. The highest BCUT2D eigenvalue weighted by atomic mass is 127. The molecule has 0 radical (unpaired) electrons. The first-order valence-corrected chi connectivity index (χ1v) is 8.52. The number of aromatic nitrogens is 2. The Balaban J connectivity index is 2.12. The molecular weight excluding hydrogens is 369 g/mol. The van der Waals surface area contributed by atoms with Gasteiger partial charge < -0.3 is 5.32 Å². The summed E-state index contributed by atoms with van der Waals surface area (Å²) in [5.41, 5.74) is 2.49. The number of nitrogens with zero attached hydrogens (tertiary/aromatic N) is 2. The Morgan fingerprint density at radius 3 is 2.79 bits per heavy atom. The molecule has 0 aliphatic heterocycles. The molecule has 3 nitrogen and oxygen atoms in total. The van der Waals surface area contributed by atoms with Crippen molar-refractivity contribution in [1.29, 1.82) is 0 Å². The number of nitrogens with one attached hydrogen (secondary N) is 1. The van der Waals surface area contributed by atoms with Crippen LogP contribution in [0.15, 0.2) is 11.4 Å². The summed E-state index contributed by atoms with van der Waals surface area (Å²) in [6.45, 7) is 5.11. The number of anilines is 1. The normalized spacial score (nSPS) is 14.7. The van der Waals surface area contributed by atoms with E-state index in [4.69, 9.17) is 9.97 Å². The molecule has 2 aromatic rings. The third-order valence-electron chi connectivity index (χ3n) is 3.25. The number of aryl methyl sites for hydroxylation is 1. The first kappa shape index (κ1) is 13.3. The van der Waals surface area contributed by atoms with Crippen molar-refractivity contribution < 1.29 is 0 Å². The second-order valence-corrected chi connectivity index (χ2v) is 6.83. The SMILES string of the molecule is CCNc1nc(-c2sccc2C)nc(C2CC2)c1I. The van der Waals surface area contributed by atoms with Gasteiger partial charge in [0, 0.05) is 12.5 Å². The second kappa shape index (κ2) is 5.36. The smallest absolute Gasteiger partial charge is 0.172 e. The van der Waals surface area contributed by atoms with E-state index >= 15 is 0 Å². The van der Waals surface area contributed by atoms with E-state index < -0.39 is 0 Å². The summed E-state index contributed by atoms with van der Waals surface area (Å²) in [4.78, 5) is 10.7. The van der Waals surface area contributed by atoms with Gasteiger partial charge in [-0.05, 0) is 66.3 Å². The van der Waals surface area contributed by atoms with Gasteiger partial charge in [0.15, 0.2) is 5.82 Å². The zero-order valence-electron chi connectivity index (χ0n) is 11.0. The van der Waals surface area contributed by atoms with E-state index in [2.05, 4.69) is 53.2 Å². The first-order chi connectivity index (χ1) is 9.20. The second-order valence-electron chi connectivity index (χ2n) is 4.83. The molecule has 0 saturated heterocycles. The van der Waals surface area contributed by atoms with Crippen LogP contribution in [0.25, 0.3) is 10.7 Å². The number of rotatable bonds is 4. The molecule has 1 N–H and O–H groups in total. The topological polar surface area (TPSA) is 37.8 Å². The molecule has 0 aromatic carbocycles. The fraction of sp³-hybridized carbons (Fsp3) is 0.429. The van der Waals surface area contributed by atoms with E-state index in [9.17, 15) is 0 Å². The van der Waals surface area contributed by atoms with Gasteiger partial charge in [-0.2, -0.15) is 0 Å². The zero-order valence-corrected chi connectivity index (χ0v) is 14.0. The number of thiophene rings is 1. The van der Waals surface area contributed by atoms with Crippen LogP contribution in [0.4, 0.5) is 5.82 Å². The average Bonchev–Trinajstić information content (AvgIpc) is 3.14. The Hall–Kier alpha value is -0.690. The van der Waals surface area contributed by atoms with E-state index in [1.165, 1.54) is 32.5 Å². The van der Waals surface area contributed by atoms with Crippen LogP contribution in [0, 0.1) is 10.5 Å². The summed E-state index contributed by atoms with van der Waals surface area (Å²) in [7, 11) is 0. The minimum Gasteiger partial charge on any atom is -0.369 e. The first-order valence-electron chi connectivity index (χ1n) is 6.56. The molecule has 0 atom stereocenters. The molecule has 0 unspecified atom stereocenters. The Labute approximate surface area is 131 Å². The summed E-state index contributed by atoms with van der Waals surface area (Å²) < 4.78 is 1.19. The van der Waals surface area contributed by atoms with Gasteiger partial charge in [-0.1, -0.05) is 0 Å². The van der Waals surface area contributed by atoms with Gasteiger partial charge in [-0.25, -0.2) is 9.97 Å². The lowest BCUT2D eigenvalue weighted by molar-refractivity contribution is 0.973. The minimum absolute atomic E-state index is 0.645. The molecule has 1 fully saturated rings. The van der Waals surface area contributed by atoms with Gasteiger partial charge in [0.2, 0.25) is 0 Å². The fourth-order valence-electron chi connectivity index (χ4n) is 2.08. The summed E-state index contributed by atoms with van der Waals surface area (Å²) in [6.07, 6.45) is 2.53. The van der Waals surface area contributed by atoms with Gasteiger partial charge in [-0.3, -0.25) is 0 Å². The average molecular weight is 385 g/mol. The van der Waals surface area contributed by atoms with Crippen molar-refractivity contribution in [3.63, 3.8) is 0 Å². The van der Waals surface area contributed by atoms with Gasteiger partial charge in [-0.15, -0.1) is 11.3 Å². The number of hydrogen-bond donors (Lipinski definition) is 1. The van der Waals surface area contributed by atoms with Crippen molar-refractivity contribution in [2.75, 3.05) is 11.9 Å². The Bertz CT molecular complexity index is 605. The lowest BCUT2D eigenvalue weighted by Crippen LogP contribution is -2.07. The van der Waals surface area contributed by atoms with Crippen molar-refractivity contribution in [2.45, 2.75) is 32.6 Å². The van der Waals surface area contributed by atoms with Crippen molar-refractivity contribution in [1.82, 2.24) is 9.97 Å². The van der Waals surface area contributed by atoms with E-state index in [0.717, 1.165) is 18.2 Å². The molecule has 1 aliphatic rings. The van der Waals surface area contributed by atoms with Gasteiger partial charge in [0.25, 0.3) is 0 Å². The van der Waals surface area contributed by atoms with Crippen LogP contribution in [-0.4, -0.2) is 16.5 Å². The van der Waals surface area contributed by atoms with E-state index in [-0.39, 0.29) is 0 Å². The molecule has 0 bridgehead atoms. The van der Waals surface area contributed by atoms with Crippen molar-refractivity contribution in [3.05, 3.63) is 26.3 Å². The van der Waals surface area contributed by atoms with Crippen LogP contribution in [0.2, 0.25) is 0 Å². The van der Waals surface area contributed by atoms with E-state index in [1.54, 1.807) is 11.3 Å². The maximum Gasteiger partial charge on any atom is 0.172 e. The Morgan fingerprint density at radius 1 is 1.42 bits per heavy atom. The third kappa shape index (κ3) is 2.63. The Kier molecular flexibility index (Phi) is 3.75. The van der Waals surface area contributed by atoms with Crippen LogP contribution in [0.5, 0.6) is 0 Å². The van der Waals surface area contributed by atoms with Crippen molar-refractivity contribution in [3.8, 4) is 10.7 Å². The highest BCUT2D eigenvalue weighted by molar-refractivity contribution is 14.1. The molecule has 0 amide bonds. The largest absolute Gasteiger partial charge is 0.369 e. The van der Waals surface area contributed by atoms with Crippen LogP contribution < -0.4 is 5.32 Å². The van der Waals surface area contributed by atoms with Gasteiger partial charge >= 0.3 is 0 Å². The van der Waals surface area contributed by atoms with Crippen molar-refractivity contribution >= 4 is 39.7 Å². The summed E-state index contributed by atoms with van der Waals surface area (Å²) in [5.74, 6) is 2.51. The highest BCUT2D eigenvalue weighted by Gasteiger charge is 2.29. The number of hydrogen-bond acceptors (Lipinski definition) is 4. The maximum atomic E-state index is 4.83. The summed E-state index contributed by atoms with van der Waals surface area (Å²) in [5, 5.41) is 5.47. The van der Waals surface area contributed by atoms with Gasteiger partial charge in [0.05, 0.1) is 14.1 Å². The third-order valence-corrected chi connectivity index (χ3v) is 5.33. The monoisotopic (exact) mass is 385 g/mol. The molecule has 100 valence electrons. The molecular formula is C14H16IN3S. The number of halogens is 1. The van der Waals surface area contributed by atoms with E-state index in [1.807, 2.05) is 0 Å². The minimum atomic E-state index is 0.645. The highest BCUT2D eigenvalue weighted by Crippen LogP contribution is 2.43. The summed E-state index contributed by atoms with van der Waals surface area (Å²) >= 11 is 4.10. The van der Waals surface area contributed by atoms with Crippen LogP contribution in [0.3, 0.4) is 0 Å². The Morgan fingerprint density at radius 2 is 2.21 bits per heavy atom. The predicted octanol–water partition coefficient (Wildman–Crippen LogP) is 4.43. The molecule has 3 rings (SSSR count). The summed E-state index contributed by atoms with van der Waals surface area (Å²) in [6, 6.07) is 2.13. The van der Waals surface area contributed by atoms with E-state index in [0.29, 0.717) is 5.92 Å². The molecule has 1 aliphatic carbocycles. The van der Waals surface area contributed by atoms with Crippen LogP contribution in [-0.2, 0) is 0 Å². The maximum absolute atomic E-state index is 4.83. The van der Waals surface area contributed by atoms with Crippen molar-refractivity contribution in [2.24, 2.45) is 0 Å². The molecule has 2 heterocycles.